The predicted octanol–water partition coefficient (Wildman–Crippen LogP) is 4.36. The minimum Gasteiger partial charge on any atom is -0.469 e. The lowest BCUT2D eigenvalue weighted by Gasteiger charge is -2.25. The van der Waals surface area contributed by atoms with Gasteiger partial charge < -0.3 is 19.4 Å². The molecule has 1 aliphatic heterocycles. The summed E-state index contributed by atoms with van der Waals surface area (Å²) in [6.07, 6.45) is 1.99. The summed E-state index contributed by atoms with van der Waals surface area (Å²) >= 11 is 7.14. The highest BCUT2D eigenvalue weighted by Crippen LogP contribution is 2.41. The van der Waals surface area contributed by atoms with E-state index in [1.54, 1.807) is 18.0 Å². The number of carbonyl (C=O) groups excluding carboxylic acids is 1. The molecule has 0 saturated carbocycles. The number of nitrogens with one attached hydrogen (secondary N) is 1. The average molecular weight is 440 g/mol. The summed E-state index contributed by atoms with van der Waals surface area (Å²) in [4.78, 5) is 19.3. The van der Waals surface area contributed by atoms with Crippen molar-refractivity contribution in [3.05, 3.63) is 78.3 Å². The molecule has 1 fully saturated rings. The first kappa shape index (κ1) is 20.4. The molecule has 1 saturated heterocycles. The summed E-state index contributed by atoms with van der Waals surface area (Å²) in [5.74, 6) is 0.485. The number of aromatic nitrogens is 1. The fourth-order valence-electron chi connectivity index (χ4n) is 3.42. The second-order valence-corrected chi connectivity index (χ2v) is 8.18. The smallest absolute Gasteiger partial charge is 0.307 e. The first-order valence-corrected chi connectivity index (χ1v) is 10.8. The van der Waals surface area contributed by atoms with Gasteiger partial charge in [-0.15, -0.1) is 0 Å². The average Bonchev–Trinajstić information content (AvgIpc) is 3.37. The van der Waals surface area contributed by atoms with E-state index in [1.165, 1.54) is 7.11 Å². The number of furan rings is 1. The Morgan fingerprint density at radius 2 is 2.00 bits per heavy atom. The SMILES string of the molecule is COC(=O)CCN1C(=S)N[C@@H](c2ccccn2)[C@@H]1c1ccc(Sc2ccccc2)o1. The minimum absolute atomic E-state index is 0.183. The molecule has 0 amide bonds. The van der Waals surface area contributed by atoms with Crippen LogP contribution in [0.15, 0.2) is 81.3 Å². The van der Waals surface area contributed by atoms with Gasteiger partial charge >= 0.3 is 5.97 Å². The van der Waals surface area contributed by atoms with Crippen molar-refractivity contribution < 1.29 is 13.9 Å². The Morgan fingerprint density at radius 3 is 2.73 bits per heavy atom. The lowest BCUT2D eigenvalue weighted by Crippen LogP contribution is -2.31. The normalized spacial score (nSPS) is 18.3. The van der Waals surface area contributed by atoms with Crippen LogP contribution >= 0.6 is 24.0 Å². The number of rotatable bonds is 7. The van der Waals surface area contributed by atoms with Gasteiger partial charge in [-0.25, -0.2) is 0 Å². The summed E-state index contributed by atoms with van der Waals surface area (Å²) < 4.78 is 11.0. The molecule has 2 atom stereocenters. The predicted molar refractivity (Wildman–Crippen MR) is 118 cm³/mol. The fraction of sp³-hybridized carbons (Fsp3) is 0.227. The van der Waals surface area contributed by atoms with E-state index in [9.17, 15) is 4.79 Å². The first-order chi connectivity index (χ1) is 14.7. The number of esters is 1. The van der Waals surface area contributed by atoms with E-state index >= 15 is 0 Å². The van der Waals surface area contributed by atoms with E-state index in [4.69, 9.17) is 21.4 Å². The Labute approximate surface area is 184 Å². The number of nitrogens with zero attached hydrogens (tertiary/aromatic N) is 2. The van der Waals surface area contributed by atoms with Gasteiger partial charge in [-0.3, -0.25) is 9.78 Å². The van der Waals surface area contributed by atoms with Crippen molar-refractivity contribution in [2.24, 2.45) is 0 Å². The van der Waals surface area contributed by atoms with Crippen LogP contribution in [0.2, 0.25) is 0 Å². The molecule has 0 spiro atoms. The van der Waals surface area contributed by atoms with Gasteiger partial charge in [0.05, 0.1) is 25.3 Å². The molecule has 3 heterocycles. The standard InChI is InChI=1S/C22H21N3O3S2/c1-27-18(26)12-14-25-21(20(24-22(25)29)16-9-5-6-13-23-16)17-10-11-19(28-17)30-15-7-3-2-4-8-15/h2-11,13,20-21H,12,14H2,1H3,(H,24,29)/t20-,21-/m0/s1. The third-order valence-electron chi connectivity index (χ3n) is 4.84. The number of thiocarbonyl (C=S) groups is 1. The highest BCUT2D eigenvalue weighted by atomic mass is 32.2. The van der Waals surface area contributed by atoms with Crippen molar-refractivity contribution in [1.29, 1.82) is 0 Å². The van der Waals surface area contributed by atoms with Crippen molar-refractivity contribution in [3.8, 4) is 0 Å². The van der Waals surface area contributed by atoms with Crippen LogP contribution in [-0.4, -0.2) is 34.6 Å². The Kier molecular flexibility index (Phi) is 6.35. The van der Waals surface area contributed by atoms with Gasteiger partial charge in [0.25, 0.3) is 0 Å². The molecular weight excluding hydrogens is 418 g/mol. The summed E-state index contributed by atoms with van der Waals surface area (Å²) in [5.41, 5.74) is 0.860. The Morgan fingerprint density at radius 1 is 1.20 bits per heavy atom. The Hall–Kier alpha value is -2.84. The topological polar surface area (TPSA) is 67.6 Å². The van der Waals surface area contributed by atoms with Crippen LogP contribution in [-0.2, 0) is 9.53 Å². The van der Waals surface area contributed by atoms with Crippen molar-refractivity contribution in [2.45, 2.75) is 28.5 Å². The zero-order valence-electron chi connectivity index (χ0n) is 16.4. The molecule has 6 nitrogen and oxygen atoms in total. The van der Waals surface area contributed by atoms with Crippen LogP contribution in [0.25, 0.3) is 0 Å². The van der Waals surface area contributed by atoms with E-state index < -0.39 is 0 Å². The lowest BCUT2D eigenvalue weighted by atomic mass is 10.0. The van der Waals surface area contributed by atoms with Crippen LogP contribution in [0.1, 0.15) is 30.0 Å². The highest BCUT2D eigenvalue weighted by molar-refractivity contribution is 7.99. The number of hydrogen-bond acceptors (Lipinski definition) is 6. The van der Waals surface area contributed by atoms with Gasteiger partial charge in [-0.05, 0) is 48.6 Å². The van der Waals surface area contributed by atoms with E-state index in [0.717, 1.165) is 21.4 Å². The van der Waals surface area contributed by atoms with Gasteiger partial charge in [0.15, 0.2) is 10.2 Å². The number of carbonyl (C=O) groups is 1. The van der Waals surface area contributed by atoms with E-state index in [2.05, 4.69) is 10.3 Å². The molecule has 1 aliphatic rings. The highest BCUT2D eigenvalue weighted by Gasteiger charge is 2.41. The zero-order chi connectivity index (χ0) is 20.9. The molecule has 154 valence electrons. The molecule has 30 heavy (non-hydrogen) atoms. The molecule has 3 aromatic rings. The molecule has 0 radical (unpaired) electrons. The number of hydrogen-bond donors (Lipinski definition) is 1. The molecule has 2 aromatic heterocycles. The van der Waals surface area contributed by atoms with Gasteiger partial charge in [-0.1, -0.05) is 36.0 Å². The summed E-state index contributed by atoms with van der Waals surface area (Å²) in [5, 5.41) is 4.70. The van der Waals surface area contributed by atoms with Gasteiger partial charge in [0, 0.05) is 17.6 Å². The second-order valence-electron chi connectivity index (χ2n) is 6.72. The van der Waals surface area contributed by atoms with E-state index in [1.807, 2.05) is 65.6 Å². The largest absolute Gasteiger partial charge is 0.469 e. The quantitative estimate of drug-likeness (QED) is 0.430. The molecule has 8 heteroatoms. The van der Waals surface area contributed by atoms with Crippen molar-refractivity contribution in [3.63, 3.8) is 0 Å². The van der Waals surface area contributed by atoms with Gasteiger partial charge in [-0.2, -0.15) is 0 Å². The summed E-state index contributed by atoms with van der Waals surface area (Å²) in [7, 11) is 1.39. The fourth-order valence-corrected chi connectivity index (χ4v) is 4.55. The van der Waals surface area contributed by atoms with E-state index in [-0.39, 0.29) is 24.5 Å². The summed E-state index contributed by atoms with van der Waals surface area (Å²) in [6.45, 7) is 0.425. The molecule has 0 bridgehead atoms. The monoisotopic (exact) mass is 439 g/mol. The molecule has 0 aliphatic carbocycles. The zero-order valence-corrected chi connectivity index (χ0v) is 18.0. The van der Waals surface area contributed by atoms with Crippen LogP contribution in [0.4, 0.5) is 0 Å². The van der Waals surface area contributed by atoms with Gasteiger partial charge in [0.2, 0.25) is 0 Å². The minimum atomic E-state index is -0.280. The van der Waals surface area contributed by atoms with Crippen LogP contribution in [0.5, 0.6) is 0 Å². The second kappa shape index (κ2) is 9.32. The third kappa shape index (κ3) is 4.49. The van der Waals surface area contributed by atoms with Crippen LogP contribution in [0, 0.1) is 0 Å². The number of pyridine rings is 1. The maximum absolute atomic E-state index is 11.7. The van der Waals surface area contributed by atoms with Crippen molar-refractivity contribution >= 4 is 35.1 Å². The number of methoxy groups -OCH3 is 1. The molecule has 1 N–H and O–H groups in total. The molecule has 1 aromatic carbocycles. The maximum atomic E-state index is 11.7. The lowest BCUT2D eigenvalue weighted by molar-refractivity contribution is -0.140. The number of ether oxygens (including phenoxy) is 1. The first-order valence-electron chi connectivity index (χ1n) is 9.53. The van der Waals surface area contributed by atoms with Crippen molar-refractivity contribution in [2.75, 3.05) is 13.7 Å². The summed E-state index contributed by atoms with van der Waals surface area (Å²) in [6, 6.07) is 19.4. The van der Waals surface area contributed by atoms with Gasteiger partial charge in [0.1, 0.15) is 11.8 Å². The Bertz CT molecular complexity index is 1010. The number of benzene rings is 1. The van der Waals surface area contributed by atoms with Crippen LogP contribution < -0.4 is 5.32 Å². The molecular formula is C22H21N3O3S2. The third-order valence-corrected chi connectivity index (χ3v) is 6.12. The molecule has 4 rings (SSSR count). The van der Waals surface area contributed by atoms with Crippen LogP contribution in [0.3, 0.4) is 0 Å². The Balaban J connectivity index is 1.62. The van der Waals surface area contributed by atoms with Crippen molar-refractivity contribution in [1.82, 2.24) is 15.2 Å². The molecule has 0 unspecified atom stereocenters. The maximum Gasteiger partial charge on any atom is 0.307 e. The van der Waals surface area contributed by atoms with E-state index in [0.29, 0.717) is 11.7 Å².